The molecule has 0 spiro atoms. The lowest BCUT2D eigenvalue weighted by molar-refractivity contribution is -0.147. The lowest BCUT2D eigenvalue weighted by Gasteiger charge is -2.14. The van der Waals surface area contributed by atoms with Gasteiger partial charge in [-0.1, -0.05) is 18.1 Å². The Morgan fingerprint density at radius 1 is 1.23 bits per heavy atom. The van der Waals surface area contributed by atoms with Crippen molar-refractivity contribution in [2.24, 2.45) is 0 Å². The first-order valence-corrected chi connectivity index (χ1v) is 10.9. The summed E-state index contributed by atoms with van der Waals surface area (Å²) >= 11 is 0. The highest BCUT2D eigenvalue weighted by atomic mass is 16.5. The van der Waals surface area contributed by atoms with E-state index in [4.69, 9.17) is 15.9 Å². The normalized spacial score (nSPS) is 10.6. The third-order valence-corrected chi connectivity index (χ3v) is 4.97. The summed E-state index contributed by atoms with van der Waals surface area (Å²) in [7, 11) is 3.11. The SMILES string of the molecule is C#Cc1cccc(Nc2ncnc3cc(OC)c(NCC=CC(=O)N(C)CC(=O)OCC)cc23)c1. The molecule has 0 unspecified atom stereocenters. The first-order valence-electron chi connectivity index (χ1n) is 10.9. The van der Waals surface area contributed by atoms with Crippen molar-refractivity contribution in [3.8, 4) is 18.1 Å². The molecule has 1 amide bonds. The molecule has 3 aromatic rings. The van der Waals surface area contributed by atoms with Crippen LogP contribution in [0.25, 0.3) is 10.9 Å². The summed E-state index contributed by atoms with van der Waals surface area (Å²) in [5, 5.41) is 7.30. The van der Waals surface area contributed by atoms with E-state index in [1.807, 2.05) is 36.4 Å². The van der Waals surface area contributed by atoms with E-state index in [1.54, 1.807) is 20.1 Å². The van der Waals surface area contributed by atoms with E-state index in [9.17, 15) is 9.59 Å². The number of carbonyl (C=O) groups is 2. The summed E-state index contributed by atoms with van der Waals surface area (Å²) in [6, 6.07) is 11.2. The molecule has 9 nitrogen and oxygen atoms in total. The fourth-order valence-corrected chi connectivity index (χ4v) is 3.25. The van der Waals surface area contributed by atoms with E-state index in [0.717, 1.165) is 16.6 Å². The van der Waals surface area contributed by atoms with Crippen molar-refractivity contribution in [2.75, 3.05) is 44.5 Å². The highest BCUT2D eigenvalue weighted by Gasteiger charge is 2.12. The third-order valence-electron chi connectivity index (χ3n) is 4.97. The molecule has 0 aliphatic rings. The number of ether oxygens (including phenoxy) is 2. The number of amides is 1. The predicted molar refractivity (Wildman–Crippen MR) is 136 cm³/mol. The van der Waals surface area contributed by atoms with Gasteiger partial charge in [-0.05, 0) is 31.2 Å². The largest absolute Gasteiger partial charge is 0.495 e. The van der Waals surface area contributed by atoms with E-state index in [-0.39, 0.29) is 19.1 Å². The van der Waals surface area contributed by atoms with Crippen LogP contribution in [0.3, 0.4) is 0 Å². The Bertz CT molecular complexity index is 1280. The highest BCUT2D eigenvalue weighted by molar-refractivity contribution is 5.95. The Kier molecular flexibility index (Phi) is 8.62. The summed E-state index contributed by atoms with van der Waals surface area (Å²) in [6.45, 7) is 2.23. The van der Waals surface area contributed by atoms with Gasteiger partial charge >= 0.3 is 5.97 Å². The molecule has 1 heterocycles. The number of fused-ring (bicyclic) bond motifs is 1. The maximum Gasteiger partial charge on any atom is 0.325 e. The van der Waals surface area contributed by atoms with Crippen LogP contribution in [-0.2, 0) is 14.3 Å². The number of nitrogens with one attached hydrogen (secondary N) is 2. The second kappa shape index (κ2) is 12.0. The van der Waals surface area contributed by atoms with Crippen LogP contribution in [0.2, 0.25) is 0 Å². The number of nitrogens with zero attached hydrogens (tertiary/aromatic N) is 3. The average Bonchev–Trinajstić information content (AvgIpc) is 2.86. The number of terminal acetylenes is 1. The molecule has 2 N–H and O–H groups in total. The Labute approximate surface area is 204 Å². The minimum Gasteiger partial charge on any atom is -0.495 e. The van der Waals surface area contributed by atoms with Gasteiger partial charge in [-0.2, -0.15) is 0 Å². The van der Waals surface area contributed by atoms with Crippen molar-refractivity contribution in [2.45, 2.75) is 6.92 Å². The summed E-state index contributed by atoms with van der Waals surface area (Å²) in [5.41, 5.74) is 2.96. The number of rotatable bonds is 10. The van der Waals surface area contributed by atoms with Gasteiger partial charge in [0, 0.05) is 42.4 Å². The van der Waals surface area contributed by atoms with E-state index in [0.29, 0.717) is 29.3 Å². The lowest BCUT2D eigenvalue weighted by Crippen LogP contribution is -2.31. The molecular formula is C26H27N5O4. The summed E-state index contributed by atoms with van der Waals surface area (Å²) in [4.78, 5) is 33.8. The van der Waals surface area contributed by atoms with Gasteiger partial charge in [0.25, 0.3) is 0 Å². The van der Waals surface area contributed by atoms with Gasteiger partial charge < -0.3 is 25.0 Å². The number of hydrogen-bond acceptors (Lipinski definition) is 8. The number of esters is 1. The number of carbonyl (C=O) groups excluding carboxylic acids is 2. The first kappa shape index (κ1) is 25.1. The summed E-state index contributed by atoms with van der Waals surface area (Å²) < 4.78 is 10.4. The molecule has 35 heavy (non-hydrogen) atoms. The van der Waals surface area contributed by atoms with Gasteiger partial charge in [-0.15, -0.1) is 6.42 Å². The van der Waals surface area contributed by atoms with Crippen molar-refractivity contribution < 1.29 is 19.1 Å². The van der Waals surface area contributed by atoms with Crippen LogP contribution in [0.5, 0.6) is 5.75 Å². The minimum atomic E-state index is -0.451. The zero-order valence-electron chi connectivity index (χ0n) is 19.9. The second-order valence-electron chi connectivity index (χ2n) is 7.42. The number of aromatic nitrogens is 2. The number of anilines is 3. The van der Waals surface area contributed by atoms with Crippen LogP contribution in [0.15, 0.2) is 54.9 Å². The molecule has 0 aliphatic carbocycles. The molecule has 2 aromatic carbocycles. The zero-order chi connectivity index (χ0) is 25.2. The van der Waals surface area contributed by atoms with Crippen molar-refractivity contribution >= 4 is 40.0 Å². The zero-order valence-corrected chi connectivity index (χ0v) is 19.9. The second-order valence-corrected chi connectivity index (χ2v) is 7.42. The minimum absolute atomic E-state index is 0.108. The van der Waals surface area contributed by atoms with Crippen molar-refractivity contribution in [1.82, 2.24) is 14.9 Å². The molecular weight excluding hydrogens is 446 g/mol. The van der Waals surface area contributed by atoms with Gasteiger partial charge in [-0.25, -0.2) is 9.97 Å². The molecule has 1 aromatic heterocycles. The Morgan fingerprint density at radius 2 is 2.06 bits per heavy atom. The molecule has 0 saturated carbocycles. The number of benzene rings is 2. The topological polar surface area (TPSA) is 106 Å². The maximum atomic E-state index is 12.2. The van der Waals surface area contributed by atoms with E-state index < -0.39 is 5.97 Å². The van der Waals surface area contributed by atoms with Gasteiger partial charge in [-0.3, -0.25) is 9.59 Å². The molecule has 9 heteroatoms. The van der Waals surface area contributed by atoms with Gasteiger partial charge in [0.15, 0.2) is 0 Å². The predicted octanol–water partition coefficient (Wildman–Crippen LogP) is 3.35. The van der Waals surface area contributed by atoms with Crippen molar-refractivity contribution in [3.63, 3.8) is 0 Å². The lowest BCUT2D eigenvalue weighted by atomic mass is 10.1. The molecule has 180 valence electrons. The van der Waals surface area contributed by atoms with Crippen molar-refractivity contribution in [3.05, 3.63) is 60.4 Å². The standard InChI is InChI=1S/C26H27N5O4/c1-5-18-9-7-10-19(13-18)30-26-20-14-22(23(34-4)15-21(20)28-17-29-26)27-12-8-11-24(32)31(3)16-25(33)35-6-2/h1,7-11,13-15,17,27H,6,12,16H2,2-4H3,(H,28,29,30). The summed E-state index contributed by atoms with van der Waals surface area (Å²) in [5.74, 6) is 3.07. The van der Waals surface area contributed by atoms with Crippen LogP contribution in [0.1, 0.15) is 12.5 Å². The molecule has 0 bridgehead atoms. The quantitative estimate of drug-likeness (QED) is 0.262. The highest BCUT2D eigenvalue weighted by Crippen LogP contribution is 2.33. The van der Waals surface area contributed by atoms with E-state index in [2.05, 4.69) is 26.5 Å². The smallest absolute Gasteiger partial charge is 0.325 e. The van der Waals surface area contributed by atoms with Gasteiger partial charge in [0.05, 0.1) is 24.9 Å². The number of hydrogen-bond donors (Lipinski definition) is 2. The van der Waals surface area contributed by atoms with E-state index in [1.165, 1.54) is 24.4 Å². The Hall–Kier alpha value is -4.58. The molecule has 0 radical (unpaired) electrons. The van der Waals surface area contributed by atoms with Gasteiger partial charge in [0.1, 0.15) is 24.4 Å². The van der Waals surface area contributed by atoms with Crippen LogP contribution in [-0.4, -0.2) is 60.6 Å². The van der Waals surface area contributed by atoms with Crippen LogP contribution < -0.4 is 15.4 Å². The molecule has 0 aliphatic heterocycles. The third kappa shape index (κ3) is 6.71. The van der Waals surface area contributed by atoms with Crippen LogP contribution in [0, 0.1) is 12.3 Å². The first-order chi connectivity index (χ1) is 16.9. The monoisotopic (exact) mass is 473 g/mol. The Balaban J connectivity index is 1.75. The van der Waals surface area contributed by atoms with Crippen LogP contribution >= 0.6 is 0 Å². The Morgan fingerprint density at radius 3 is 2.80 bits per heavy atom. The maximum absolute atomic E-state index is 12.2. The van der Waals surface area contributed by atoms with Crippen molar-refractivity contribution in [1.29, 1.82) is 0 Å². The molecule has 0 saturated heterocycles. The molecule has 0 atom stereocenters. The fourth-order valence-electron chi connectivity index (χ4n) is 3.25. The van der Waals surface area contributed by atoms with E-state index >= 15 is 0 Å². The van der Waals surface area contributed by atoms with Crippen LogP contribution in [0.4, 0.5) is 17.2 Å². The van der Waals surface area contributed by atoms with Gasteiger partial charge in [0.2, 0.25) is 5.91 Å². The number of methoxy groups -OCH3 is 1. The average molecular weight is 474 g/mol. The fraction of sp³-hybridized carbons (Fsp3) is 0.231. The summed E-state index contributed by atoms with van der Waals surface area (Å²) in [6.07, 6.45) is 10.0. The number of likely N-dealkylation sites (N-methyl/N-ethyl adjacent to an activating group) is 1. The molecule has 3 rings (SSSR count). The molecule has 0 fully saturated rings.